The first-order valence-electron chi connectivity index (χ1n) is 5.80. The van der Waals surface area contributed by atoms with Gasteiger partial charge in [0.2, 0.25) is 0 Å². The topological polar surface area (TPSA) is 49.3 Å². The molecule has 0 aliphatic heterocycles. The van der Waals surface area contributed by atoms with Crippen molar-refractivity contribution in [2.75, 3.05) is 6.54 Å². The van der Waals surface area contributed by atoms with Crippen molar-refractivity contribution in [3.63, 3.8) is 0 Å². The van der Waals surface area contributed by atoms with Gasteiger partial charge in [-0.1, -0.05) is 34.6 Å². The van der Waals surface area contributed by atoms with Crippen molar-refractivity contribution < 1.29 is 9.90 Å². The van der Waals surface area contributed by atoms with Crippen LogP contribution >= 0.6 is 0 Å². The second-order valence-electron chi connectivity index (χ2n) is 5.20. The number of rotatable bonds is 7. The van der Waals surface area contributed by atoms with Crippen LogP contribution in [0.1, 0.15) is 41.0 Å². The second kappa shape index (κ2) is 6.83. The van der Waals surface area contributed by atoms with Crippen molar-refractivity contribution in [3.8, 4) is 0 Å². The predicted molar refractivity (Wildman–Crippen MR) is 62.9 cm³/mol. The van der Waals surface area contributed by atoms with Crippen molar-refractivity contribution in [2.24, 2.45) is 17.8 Å². The van der Waals surface area contributed by atoms with E-state index in [0.717, 1.165) is 13.0 Å². The minimum Gasteiger partial charge on any atom is -0.480 e. The molecule has 0 aliphatic rings. The van der Waals surface area contributed by atoms with E-state index in [1.807, 2.05) is 13.8 Å². The smallest absolute Gasteiger partial charge is 0.320 e. The summed E-state index contributed by atoms with van der Waals surface area (Å²) in [7, 11) is 0. The molecular formula is C12H25NO2. The van der Waals surface area contributed by atoms with Crippen LogP contribution < -0.4 is 5.32 Å². The van der Waals surface area contributed by atoms with E-state index in [1.165, 1.54) is 0 Å². The third kappa shape index (κ3) is 6.50. The van der Waals surface area contributed by atoms with Gasteiger partial charge in [-0.25, -0.2) is 0 Å². The maximum absolute atomic E-state index is 10.9. The standard InChI is InChI=1S/C12H25NO2/c1-8(2)6-10(5)7-13-11(9(3)4)12(14)15/h8-11,13H,6-7H2,1-5H3,(H,14,15)/t10?,11-/m1/s1. The summed E-state index contributed by atoms with van der Waals surface area (Å²) >= 11 is 0. The van der Waals surface area contributed by atoms with Crippen LogP contribution in [0.2, 0.25) is 0 Å². The van der Waals surface area contributed by atoms with Crippen LogP contribution in [0.5, 0.6) is 0 Å². The van der Waals surface area contributed by atoms with Gasteiger partial charge < -0.3 is 10.4 Å². The molecule has 0 radical (unpaired) electrons. The Morgan fingerprint density at radius 1 is 1.20 bits per heavy atom. The van der Waals surface area contributed by atoms with Gasteiger partial charge in [0.25, 0.3) is 0 Å². The van der Waals surface area contributed by atoms with Gasteiger partial charge in [0, 0.05) is 0 Å². The summed E-state index contributed by atoms with van der Waals surface area (Å²) in [5.74, 6) is 0.588. The van der Waals surface area contributed by atoms with Crippen LogP contribution in [0.3, 0.4) is 0 Å². The summed E-state index contributed by atoms with van der Waals surface area (Å²) in [6.07, 6.45) is 1.14. The summed E-state index contributed by atoms with van der Waals surface area (Å²) in [5.41, 5.74) is 0. The molecule has 0 saturated heterocycles. The first-order valence-corrected chi connectivity index (χ1v) is 5.80. The second-order valence-corrected chi connectivity index (χ2v) is 5.20. The highest BCUT2D eigenvalue weighted by molar-refractivity contribution is 5.73. The highest BCUT2D eigenvalue weighted by Crippen LogP contribution is 2.11. The Labute approximate surface area is 93.3 Å². The Bertz CT molecular complexity index is 190. The molecule has 90 valence electrons. The van der Waals surface area contributed by atoms with Gasteiger partial charge >= 0.3 is 5.97 Å². The molecular weight excluding hydrogens is 190 g/mol. The fourth-order valence-electron chi connectivity index (χ4n) is 1.82. The highest BCUT2D eigenvalue weighted by atomic mass is 16.4. The maximum Gasteiger partial charge on any atom is 0.320 e. The number of hydrogen-bond acceptors (Lipinski definition) is 2. The molecule has 0 aromatic rings. The fraction of sp³-hybridized carbons (Fsp3) is 0.917. The largest absolute Gasteiger partial charge is 0.480 e. The molecule has 0 spiro atoms. The summed E-state index contributed by atoms with van der Waals surface area (Å²) in [5, 5.41) is 12.1. The Kier molecular flexibility index (Phi) is 6.57. The van der Waals surface area contributed by atoms with E-state index in [0.29, 0.717) is 11.8 Å². The molecule has 1 unspecified atom stereocenters. The highest BCUT2D eigenvalue weighted by Gasteiger charge is 2.21. The normalized spacial score (nSPS) is 15.7. The van der Waals surface area contributed by atoms with E-state index in [4.69, 9.17) is 5.11 Å². The molecule has 0 fully saturated rings. The van der Waals surface area contributed by atoms with E-state index >= 15 is 0 Å². The zero-order valence-electron chi connectivity index (χ0n) is 10.6. The monoisotopic (exact) mass is 215 g/mol. The van der Waals surface area contributed by atoms with E-state index < -0.39 is 12.0 Å². The van der Waals surface area contributed by atoms with Gasteiger partial charge in [-0.05, 0) is 30.7 Å². The third-order valence-corrected chi connectivity index (χ3v) is 2.49. The number of nitrogens with one attached hydrogen (secondary N) is 1. The fourth-order valence-corrected chi connectivity index (χ4v) is 1.82. The van der Waals surface area contributed by atoms with E-state index in [9.17, 15) is 4.79 Å². The number of aliphatic carboxylic acids is 1. The molecule has 0 rings (SSSR count). The number of hydrogen-bond donors (Lipinski definition) is 2. The maximum atomic E-state index is 10.9. The van der Waals surface area contributed by atoms with Crippen LogP contribution in [0.15, 0.2) is 0 Å². The third-order valence-electron chi connectivity index (χ3n) is 2.49. The molecule has 15 heavy (non-hydrogen) atoms. The molecule has 3 nitrogen and oxygen atoms in total. The lowest BCUT2D eigenvalue weighted by Crippen LogP contribution is -2.42. The van der Waals surface area contributed by atoms with Crippen LogP contribution in [-0.2, 0) is 4.79 Å². The van der Waals surface area contributed by atoms with Gasteiger partial charge in [0.1, 0.15) is 6.04 Å². The van der Waals surface area contributed by atoms with Crippen molar-refractivity contribution >= 4 is 5.97 Å². The zero-order valence-corrected chi connectivity index (χ0v) is 10.6. The molecule has 0 amide bonds. The lowest BCUT2D eigenvalue weighted by molar-refractivity contribution is -0.140. The summed E-state index contributed by atoms with van der Waals surface area (Å²) in [6.45, 7) is 11.2. The van der Waals surface area contributed by atoms with Crippen molar-refractivity contribution in [1.29, 1.82) is 0 Å². The molecule has 0 aromatic carbocycles. The van der Waals surface area contributed by atoms with Crippen LogP contribution in [0.25, 0.3) is 0 Å². The van der Waals surface area contributed by atoms with Gasteiger partial charge in [0.15, 0.2) is 0 Å². The summed E-state index contributed by atoms with van der Waals surface area (Å²) in [4.78, 5) is 10.9. The molecule has 2 atom stereocenters. The number of carboxylic acids is 1. The zero-order chi connectivity index (χ0) is 12.0. The van der Waals surface area contributed by atoms with E-state index in [1.54, 1.807) is 0 Å². The average molecular weight is 215 g/mol. The first kappa shape index (κ1) is 14.4. The lowest BCUT2D eigenvalue weighted by atomic mass is 9.97. The van der Waals surface area contributed by atoms with Crippen molar-refractivity contribution in [1.82, 2.24) is 5.32 Å². The van der Waals surface area contributed by atoms with Gasteiger partial charge in [-0.3, -0.25) is 4.79 Å². The van der Waals surface area contributed by atoms with Gasteiger partial charge in [-0.2, -0.15) is 0 Å². The minimum atomic E-state index is -0.748. The number of carboxylic acid groups (broad SMARTS) is 1. The SMILES string of the molecule is CC(C)CC(C)CN[C@@H](C(=O)O)C(C)C. The van der Waals surface area contributed by atoms with E-state index in [-0.39, 0.29) is 5.92 Å². The quantitative estimate of drug-likeness (QED) is 0.685. The Balaban J connectivity index is 3.94. The minimum absolute atomic E-state index is 0.133. The molecule has 2 N–H and O–H groups in total. The summed E-state index contributed by atoms with van der Waals surface area (Å²) < 4.78 is 0. The van der Waals surface area contributed by atoms with Gasteiger partial charge in [-0.15, -0.1) is 0 Å². The average Bonchev–Trinajstić information content (AvgIpc) is 2.00. The molecule has 0 bridgehead atoms. The van der Waals surface area contributed by atoms with Crippen LogP contribution in [0, 0.1) is 17.8 Å². The van der Waals surface area contributed by atoms with Crippen LogP contribution in [-0.4, -0.2) is 23.7 Å². The first-order chi connectivity index (χ1) is 6.84. The lowest BCUT2D eigenvalue weighted by Gasteiger charge is -2.21. The Morgan fingerprint density at radius 2 is 1.73 bits per heavy atom. The van der Waals surface area contributed by atoms with Crippen molar-refractivity contribution in [3.05, 3.63) is 0 Å². The number of carbonyl (C=O) groups is 1. The van der Waals surface area contributed by atoms with Crippen LogP contribution in [0.4, 0.5) is 0 Å². The van der Waals surface area contributed by atoms with Gasteiger partial charge in [0.05, 0.1) is 0 Å². The Hall–Kier alpha value is -0.570. The molecule has 0 aromatic heterocycles. The molecule has 0 aliphatic carbocycles. The molecule has 0 saturated carbocycles. The molecule has 0 heterocycles. The predicted octanol–water partition coefficient (Wildman–Crippen LogP) is 2.37. The summed E-state index contributed by atoms with van der Waals surface area (Å²) in [6, 6.07) is -0.417. The Morgan fingerprint density at radius 3 is 2.07 bits per heavy atom. The van der Waals surface area contributed by atoms with E-state index in [2.05, 4.69) is 26.1 Å². The van der Waals surface area contributed by atoms with Crippen molar-refractivity contribution in [2.45, 2.75) is 47.1 Å². The molecule has 3 heteroatoms.